The van der Waals surface area contributed by atoms with Crippen molar-refractivity contribution in [3.05, 3.63) is 5.75 Å². The minimum atomic E-state index is 0. The van der Waals surface area contributed by atoms with Crippen LogP contribution in [0.3, 0.4) is 0 Å². The second-order valence-corrected chi connectivity index (χ2v) is 1.52. The van der Waals surface area contributed by atoms with E-state index in [2.05, 4.69) is 12.2 Å². The van der Waals surface area contributed by atoms with Crippen LogP contribution in [0.4, 0.5) is 0 Å². The van der Waals surface area contributed by atoms with Gasteiger partial charge in [0.1, 0.15) is 0 Å². The molecule has 0 spiro atoms. The maximum Gasteiger partial charge on any atom is 1.00 e. The van der Waals surface area contributed by atoms with Crippen molar-refractivity contribution in [2.24, 2.45) is 0 Å². The average Bonchev–Trinajstić information content (AvgIpc) is 1.41. The molecule has 0 amide bonds. The summed E-state index contributed by atoms with van der Waals surface area (Å²) in [6, 6.07) is 0. The van der Waals surface area contributed by atoms with Gasteiger partial charge in [-0.05, 0) is 6.26 Å². The van der Waals surface area contributed by atoms with Crippen molar-refractivity contribution in [1.29, 1.82) is 0 Å². The molecule has 0 atom stereocenters. The Hall–Kier alpha value is 0.829. The zero-order valence-electron chi connectivity index (χ0n) is 3.27. The molecule has 0 aromatic carbocycles. The number of thioether (sulfide) groups is 1. The van der Waals surface area contributed by atoms with E-state index in [9.17, 15) is 0 Å². The number of hydrogen-bond acceptors (Lipinski definition) is 2. The second-order valence-electron chi connectivity index (χ2n) is 0.508. The summed E-state index contributed by atoms with van der Waals surface area (Å²) in [6.45, 7) is 0. The fraction of sp³-hybridized carbons (Fsp3) is 0.333. The van der Waals surface area contributed by atoms with E-state index < -0.39 is 0 Å². The molecule has 0 heterocycles. The van der Waals surface area contributed by atoms with Gasteiger partial charge in [-0.2, -0.15) is 5.37 Å². The van der Waals surface area contributed by atoms with Gasteiger partial charge in [-0.3, -0.25) is 0 Å². The molecular formula is C3H5CuS2. The molecule has 0 rings (SSSR count). The summed E-state index contributed by atoms with van der Waals surface area (Å²) in [4.78, 5) is 0. The summed E-state index contributed by atoms with van der Waals surface area (Å²) in [7, 11) is 0. The Bertz CT molecular complexity index is 30.0. The Balaban J connectivity index is 0. The first kappa shape index (κ1) is 9.95. The molecule has 0 unspecified atom stereocenters. The van der Waals surface area contributed by atoms with Gasteiger partial charge >= 0.3 is 17.1 Å². The normalized spacial score (nSPS) is 5.50. The molecule has 0 N–H and O–H groups in total. The van der Waals surface area contributed by atoms with Crippen LogP contribution in [0.2, 0.25) is 0 Å². The van der Waals surface area contributed by atoms with E-state index in [1.54, 1.807) is 17.1 Å². The summed E-state index contributed by atoms with van der Waals surface area (Å²) in [6.07, 6.45) is 1.98. The molecule has 0 nitrogen and oxygen atoms in total. The van der Waals surface area contributed by atoms with Crippen molar-refractivity contribution in [1.82, 2.24) is 0 Å². The molecule has 0 aromatic rings. The average molecular weight is 169 g/mol. The second kappa shape index (κ2) is 9.27. The summed E-state index contributed by atoms with van der Waals surface area (Å²) in [5, 5.41) is 1.60. The number of thiocarbonyl (C=S) groups is 1. The predicted octanol–water partition coefficient (Wildman–Crippen LogP) is 1.51. The predicted molar refractivity (Wildman–Crippen MR) is 31.5 cm³/mol. The fourth-order valence-corrected chi connectivity index (χ4v) is 0.500. The molecule has 0 aliphatic rings. The van der Waals surface area contributed by atoms with Gasteiger partial charge in [0.15, 0.2) is 0 Å². The van der Waals surface area contributed by atoms with Crippen LogP contribution in [0.1, 0.15) is 0 Å². The van der Waals surface area contributed by atoms with E-state index in [0.717, 1.165) is 0 Å². The van der Waals surface area contributed by atoms with Crippen molar-refractivity contribution < 1.29 is 17.1 Å². The largest absolute Gasteiger partial charge is 1.00 e. The van der Waals surface area contributed by atoms with Gasteiger partial charge in [-0.1, -0.05) is 0 Å². The standard InChI is InChI=1S/C3H5S2.Cu/c1-5-3-2-4;/h2-3H,1H3;/q-1;+1. The summed E-state index contributed by atoms with van der Waals surface area (Å²) >= 11 is 6.07. The monoisotopic (exact) mass is 168 g/mol. The number of hydrogen-bond donors (Lipinski definition) is 0. The van der Waals surface area contributed by atoms with E-state index in [1.165, 1.54) is 0 Å². The third-order valence-corrected chi connectivity index (χ3v) is 0.908. The van der Waals surface area contributed by atoms with E-state index in [0.29, 0.717) is 0 Å². The van der Waals surface area contributed by atoms with Gasteiger partial charge in [0.2, 0.25) is 0 Å². The Morgan fingerprint density at radius 2 is 2.33 bits per heavy atom. The maximum atomic E-state index is 4.45. The Morgan fingerprint density at radius 1 is 1.83 bits per heavy atom. The van der Waals surface area contributed by atoms with Crippen LogP contribution < -0.4 is 0 Å². The first-order valence-electron chi connectivity index (χ1n) is 1.21. The molecule has 0 aliphatic carbocycles. The van der Waals surface area contributed by atoms with Crippen LogP contribution in [-0.4, -0.2) is 11.6 Å². The first-order valence-corrected chi connectivity index (χ1v) is 2.97. The van der Waals surface area contributed by atoms with E-state index in [1.807, 2.05) is 12.0 Å². The molecule has 40 valence electrons. The van der Waals surface area contributed by atoms with Crippen LogP contribution in [0, 0.1) is 5.75 Å². The maximum absolute atomic E-state index is 4.45. The van der Waals surface area contributed by atoms with E-state index in [-0.39, 0.29) is 17.1 Å². The Morgan fingerprint density at radius 3 is 2.33 bits per heavy atom. The van der Waals surface area contributed by atoms with Gasteiger partial charge in [0.05, 0.1) is 0 Å². The van der Waals surface area contributed by atoms with Crippen LogP contribution >= 0.6 is 24.0 Å². The number of rotatable bonds is 2. The third-order valence-electron chi connectivity index (χ3n) is 0.192. The van der Waals surface area contributed by atoms with Crippen LogP contribution in [0.25, 0.3) is 0 Å². The summed E-state index contributed by atoms with van der Waals surface area (Å²) in [5.74, 6) is 1.86. The van der Waals surface area contributed by atoms with Gasteiger partial charge in [0, 0.05) is 0 Å². The van der Waals surface area contributed by atoms with E-state index >= 15 is 0 Å². The van der Waals surface area contributed by atoms with Gasteiger partial charge in [0.25, 0.3) is 0 Å². The molecule has 3 heteroatoms. The Kier molecular flexibility index (Phi) is 15.4. The van der Waals surface area contributed by atoms with Gasteiger partial charge in [-0.15, -0.1) is 12.2 Å². The molecule has 0 fully saturated rings. The first-order chi connectivity index (χ1) is 2.41. The molecule has 6 heavy (non-hydrogen) atoms. The SMILES string of the molecule is CS[CH-]C=S.[Cu+]. The summed E-state index contributed by atoms with van der Waals surface area (Å²) in [5.41, 5.74) is 0. The third kappa shape index (κ3) is 8.85. The molecule has 0 saturated carbocycles. The molecule has 0 radical (unpaired) electrons. The van der Waals surface area contributed by atoms with Crippen molar-refractivity contribution >= 4 is 29.3 Å². The Labute approximate surface area is 58.5 Å². The topological polar surface area (TPSA) is 0 Å². The van der Waals surface area contributed by atoms with Crippen molar-refractivity contribution in [2.75, 3.05) is 6.26 Å². The van der Waals surface area contributed by atoms with Crippen molar-refractivity contribution in [2.45, 2.75) is 0 Å². The molecule has 0 saturated heterocycles. The molecule has 0 aliphatic heterocycles. The molecule has 0 aromatic heterocycles. The minimum absolute atomic E-state index is 0. The molecule has 0 bridgehead atoms. The smallest absolute Gasteiger partial charge is 0.331 e. The minimum Gasteiger partial charge on any atom is -0.331 e. The van der Waals surface area contributed by atoms with Crippen LogP contribution in [0.5, 0.6) is 0 Å². The quantitative estimate of drug-likeness (QED) is 0.349. The van der Waals surface area contributed by atoms with Crippen molar-refractivity contribution in [3.63, 3.8) is 0 Å². The van der Waals surface area contributed by atoms with Crippen LogP contribution in [-0.2, 0) is 17.1 Å². The van der Waals surface area contributed by atoms with Gasteiger partial charge < -0.3 is 17.5 Å². The summed E-state index contributed by atoms with van der Waals surface area (Å²) < 4.78 is 0. The van der Waals surface area contributed by atoms with Gasteiger partial charge in [-0.25, -0.2) is 0 Å². The van der Waals surface area contributed by atoms with E-state index in [4.69, 9.17) is 0 Å². The zero-order chi connectivity index (χ0) is 4.12. The fourth-order valence-electron chi connectivity index (χ4n) is 0.0556. The van der Waals surface area contributed by atoms with Crippen molar-refractivity contribution in [3.8, 4) is 0 Å². The zero-order valence-corrected chi connectivity index (χ0v) is 5.85. The van der Waals surface area contributed by atoms with Crippen LogP contribution in [0.15, 0.2) is 0 Å². The molecular weight excluding hydrogens is 164 g/mol.